The number of rotatable bonds is 3. The molecule has 3 aromatic carbocycles. The van der Waals surface area contributed by atoms with E-state index >= 15 is 0 Å². The van der Waals surface area contributed by atoms with E-state index in [2.05, 4.69) is 0 Å². The van der Waals surface area contributed by atoms with Gasteiger partial charge in [0, 0.05) is 5.69 Å². The van der Waals surface area contributed by atoms with E-state index in [1.807, 2.05) is 92.7 Å². The van der Waals surface area contributed by atoms with Gasteiger partial charge in [0.25, 0.3) is 5.91 Å². The number of carbonyl (C=O) groups is 2. The average molecular weight is 370 g/mol. The fourth-order valence-electron chi connectivity index (χ4n) is 3.92. The van der Waals surface area contributed by atoms with Gasteiger partial charge in [0.1, 0.15) is 12.6 Å². The standard InChI is InChI=1S/C24H22N2O2/c1-17-10-9-11-18(2)22(17)25-16-21(27)26(20-14-7-4-8-15-20)23(24(25)28)19-12-5-3-6-13-19/h3-15,23H,16H2,1-2H3. The minimum atomic E-state index is -0.691. The molecule has 1 heterocycles. The van der Waals surface area contributed by atoms with Crippen LogP contribution in [0.15, 0.2) is 78.9 Å². The first kappa shape index (κ1) is 18.0. The van der Waals surface area contributed by atoms with Gasteiger partial charge in [-0.1, -0.05) is 66.7 Å². The van der Waals surface area contributed by atoms with E-state index in [0.29, 0.717) is 0 Å². The summed E-state index contributed by atoms with van der Waals surface area (Å²) < 4.78 is 0. The molecule has 1 saturated heterocycles. The van der Waals surface area contributed by atoms with Gasteiger partial charge in [-0.15, -0.1) is 0 Å². The molecule has 28 heavy (non-hydrogen) atoms. The molecule has 2 amide bonds. The Balaban J connectivity index is 1.85. The quantitative estimate of drug-likeness (QED) is 0.685. The Bertz CT molecular complexity index is 995. The van der Waals surface area contributed by atoms with Crippen LogP contribution in [-0.4, -0.2) is 18.4 Å². The predicted octanol–water partition coefficient (Wildman–Crippen LogP) is 4.42. The fourth-order valence-corrected chi connectivity index (χ4v) is 3.92. The van der Waals surface area contributed by atoms with Crippen LogP contribution in [0.5, 0.6) is 0 Å². The van der Waals surface area contributed by atoms with E-state index in [4.69, 9.17) is 0 Å². The highest BCUT2D eigenvalue weighted by Gasteiger charge is 2.42. The normalized spacial score (nSPS) is 17.1. The number of hydrogen-bond donors (Lipinski definition) is 0. The van der Waals surface area contributed by atoms with Gasteiger partial charge in [-0.2, -0.15) is 0 Å². The van der Waals surface area contributed by atoms with Crippen molar-refractivity contribution in [2.45, 2.75) is 19.9 Å². The highest BCUT2D eigenvalue weighted by Crippen LogP contribution is 2.36. The van der Waals surface area contributed by atoms with Crippen molar-refractivity contribution in [3.8, 4) is 0 Å². The third kappa shape index (κ3) is 3.07. The third-order valence-electron chi connectivity index (χ3n) is 5.18. The number of aryl methyl sites for hydroxylation is 2. The number of anilines is 2. The molecule has 0 radical (unpaired) electrons. The molecule has 0 aliphatic carbocycles. The van der Waals surface area contributed by atoms with Crippen molar-refractivity contribution in [3.05, 3.63) is 95.6 Å². The van der Waals surface area contributed by atoms with Crippen LogP contribution in [0.4, 0.5) is 11.4 Å². The SMILES string of the molecule is Cc1cccc(C)c1N1CC(=O)N(c2ccccc2)C(c2ccccc2)C1=O. The zero-order chi connectivity index (χ0) is 19.7. The van der Waals surface area contributed by atoms with Crippen molar-refractivity contribution in [1.82, 2.24) is 0 Å². The smallest absolute Gasteiger partial charge is 0.255 e. The van der Waals surface area contributed by atoms with Gasteiger partial charge in [0.2, 0.25) is 5.91 Å². The first-order valence-electron chi connectivity index (χ1n) is 9.37. The van der Waals surface area contributed by atoms with E-state index < -0.39 is 6.04 Å². The lowest BCUT2D eigenvalue weighted by atomic mass is 9.98. The molecule has 1 unspecified atom stereocenters. The lowest BCUT2D eigenvalue weighted by Gasteiger charge is -2.41. The summed E-state index contributed by atoms with van der Waals surface area (Å²) in [7, 11) is 0. The maximum absolute atomic E-state index is 13.7. The Morgan fingerprint density at radius 2 is 1.32 bits per heavy atom. The molecule has 0 spiro atoms. The molecule has 0 saturated carbocycles. The Hall–Kier alpha value is -3.40. The summed E-state index contributed by atoms with van der Waals surface area (Å²) in [6, 6.07) is 24.1. The first-order valence-corrected chi connectivity index (χ1v) is 9.37. The number of benzene rings is 3. The molecule has 3 aromatic rings. The van der Waals surface area contributed by atoms with Gasteiger partial charge in [-0.05, 0) is 42.7 Å². The Labute approximate surface area is 165 Å². The molecule has 1 aliphatic rings. The monoisotopic (exact) mass is 370 g/mol. The fraction of sp³-hybridized carbons (Fsp3) is 0.167. The maximum atomic E-state index is 13.7. The number of hydrogen-bond acceptors (Lipinski definition) is 2. The van der Waals surface area contributed by atoms with Crippen molar-refractivity contribution < 1.29 is 9.59 Å². The number of piperazine rings is 1. The van der Waals surface area contributed by atoms with E-state index in [-0.39, 0.29) is 18.4 Å². The average Bonchev–Trinajstić information content (AvgIpc) is 2.71. The highest BCUT2D eigenvalue weighted by atomic mass is 16.2. The Morgan fingerprint density at radius 1 is 0.750 bits per heavy atom. The Morgan fingerprint density at radius 3 is 1.93 bits per heavy atom. The molecular formula is C24H22N2O2. The molecule has 4 nitrogen and oxygen atoms in total. The molecule has 0 aromatic heterocycles. The van der Waals surface area contributed by atoms with Crippen LogP contribution in [0.2, 0.25) is 0 Å². The largest absolute Gasteiger partial charge is 0.300 e. The van der Waals surface area contributed by atoms with Gasteiger partial charge in [-0.3, -0.25) is 14.5 Å². The second kappa shape index (κ2) is 7.31. The predicted molar refractivity (Wildman–Crippen MR) is 111 cm³/mol. The molecule has 140 valence electrons. The van der Waals surface area contributed by atoms with E-state index in [9.17, 15) is 9.59 Å². The summed E-state index contributed by atoms with van der Waals surface area (Å²) in [5, 5.41) is 0. The summed E-state index contributed by atoms with van der Waals surface area (Å²) in [6.45, 7) is 3.98. The van der Waals surface area contributed by atoms with Crippen LogP contribution in [0.25, 0.3) is 0 Å². The lowest BCUT2D eigenvalue weighted by Crippen LogP contribution is -2.56. The minimum Gasteiger partial charge on any atom is -0.300 e. The second-order valence-corrected chi connectivity index (χ2v) is 7.08. The number of carbonyl (C=O) groups excluding carboxylic acids is 2. The number of para-hydroxylation sites is 2. The van der Waals surface area contributed by atoms with Crippen molar-refractivity contribution in [2.24, 2.45) is 0 Å². The molecule has 1 atom stereocenters. The van der Waals surface area contributed by atoms with Crippen molar-refractivity contribution in [1.29, 1.82) is 0 Å². The van der Waals surface area contributed by atoms with Crippen LogP contribution in [0.1, 0.15) is 22.7 Å². The maximum Gasteiger partial charge on any atom is 0.255 e. The van der Waals surface area contributed by atoms with Crippen LogP contribution in [-0.2, 0) is 9.59 Å². The summed E-state index contributed by atoms with van der Waals surface area (Å²) >= 11 is 0. The van der Waals surface area contributed by atoms with Crippen LogP contribution in [0, 0.1) is 13.8 Å². The topological polar surface area (TPSA) is 40.6 Å². The molecule has 1 aliphatic heterocycles. The zero-order valence-corrected chi connectivity index (χ0v) is 16.0. The van der Waals surface area contributed by atoms with Crippen LogP contribution in [0.3, 0.4) is 0 Å². The molecule has 4 heteroatoms. The van der Waals surface area contributed by atoms with Gasteiger partial charge < -0.3 is 4.90 Å². The van der Waals surface area contributed by atoms with E-state index in [1.54, 1.807) is 9.80 Å². The summed E-state index contributed by atoms with van der Waals surface area (Å²) in [6.07, 6.45) is 0. The van der Waals surface area contributed by atoms with Crippen molar-refractivity contribution >= 4 is 23.2 Å². The molecule has 0 N–H and O–H groups in total. The molecule has 1 fully saturated rings. The zero-order valence-electron chi connectivity index (χ0n) is 16.0. The van der Waals surface area contributed by atoms with Gasteiger partial charge in [0.05, 0.1) is 5.69 Å². The van der Waals surface area contributed by atoms with Crippen molar-refractivity contribution in [3.63, 3.8) is 0 Å². The summed E-state index contributed by atoms with van der Waals surface area (Å²) in [5.74, 6) is -0.186. The van der Waals surface area contributed by atoms with Crippen LogP contribution < -0.4 is 9.80 Å². The molecule has 4 rings (SSSR count). The Kier molecular flexibility index (Phi) is 4.70. The van der Waals surface area contributed by atoms with Gasteiger partial charge in [0.15, 0.2) is 0 Å². The van der Waals surface area contributed by atoms with Gasteiger partial charge >= 0.3 is 0 Å². The third-order valence-corrected chi connectivity index (χ3v) is 5.18. The lowest BCUT2D eigenvalue weighted by molar-refractivity contribution is -0.128. The van der Waals surface area contributed by atoms with E-state index in [0.717, 1.165) is 28.1 Å². The molecule has 0 bridgehead atoms. The van der Waals surface area contributed by atoms with E-state index in [1.165, 1.54) is 0 Å². The number of amides is 2. The highest BCUT2D eigenvalue weighted by molar-refractivity contribution is 6.15. The van der Waals surface area contributed by atoms with Crippen LogP contribution >= 0.6 is 0 Å². The summed E-state index contributed by atoms with van der Waals surface area (Å²) in [4.78, 5) is 30.2. The first-order chi connectivity index (χ1) is 13.6. The second-order valence-electron chi connectivity index (χ2n) is 7.08. The van der Waals surface area contributed by atoms with Crippen molar-refractivity contribution in [2.75, 3.05) is 16.3 Å². The summed E-state index contributed by atoms with van der Waals surface area (Å²) in [5.41, 5.74) is 4.34. The van der Waals surface area contributed by atoms with Gasteiger partial charge in [-0.25, -0.2) is 0 Å². The number of nitrogens with zero attached hydrogens (tertiary/aromatic N) is 2. The minimum absolute atomic E-state index is 0.0305. The molecular weight excluding hydrogens is 348 g/mol.